The summed E-state index contributed by atoms with van der Waals surface area (Å²) in [7, 11) is 2.05. The fourth-order valence-corrected chi connectivity index (χ4v) is 3.83. The van der Waals surface area contributed by atoms with E-state index in [1.165, 1.54) is 4.88 Å². The van der Waals surface area contributed by atoms with Crippen LogP contribution < -0.4 is 0 Å². The molecule has 0 aromatic carbocycles. The zero-order valence-electron chi connectivity index (χ0n) is 11.2. The maximum Gasteiger partial charge on any atom is 0.0793 e. The van der Waals surface area contributed by atoms with Crippen molar-refractivity contribution in [3.8, 4) is 0 Å². The van der Waals surface area contributed by atoms with Gasteiger partial charge in [0.05, 0.1) is 23.1 Å². The molecule has 1 fully saturated rings. The van der Waals surface area contributed by atoms with Crippen LogP contribution in [0.1, 0.15) is 4.88 Å². The molecule has 2 rings (SSSR count). The minimum Gasteiger partial charge on any atom is -0.390 e. The van der Waals surface area contributed by atoms with Gasteiger partial charge in [0.25, 0.3) is 0 Å². The number of aliphatic hydroxyl groups is 1. The summed E-state index contributed by atoms with van der Waals surface area (Å²) in [4.78, 5) is 5.75. The van der Waals surface area contributed by atoms with Crippen LogP contribution >= 0.6 is 27.3 Å². The van der Waals surface area contributed by atoms with Crippen LogP contribution in [0.25, 0.3) is 0 Å². The summed E-state index contributed by atoms with van der Waals surface area (Å²) in [5, 5.41) is 10.1. The molecule has 0 aliphatic carbocycles. The van der Waals surface area contributed by atoms with Crippen LogP contribution in [0.15, 0.2) is 15.9 Å². The first-order valence-electron chi connectivity index (χ1n) is 6.54. The Bertz CT molecular complexity index is 382. The standard InChI is InChI=1S/C13H21BrN2O2S/c1-15(10-12-2-3-13(14)19-12)8-11(17)9-16-4-6-18-7-5-16/h2-3,11,17H,4-10H2,1H3. The molecule has 0 radical (unpaired) electrons. The van der Waals surface area contributed by atoms with Crippen LogP contribution in [-0.2, 0) is 11.3 Å². The molecule has 1 aromatic rings. The summed E-state index contributed by atoms with van der Waals surface area (Å²) in [5.41, 5.74) is 0. The second-order valence-electron chi connectivity index (χ2n) is 4.97. The van der Waals surface area contributed by atoms with Crippen molar-refractivity contribution < 1.29 is 9.84 Å². The van der Waals surface area contributed by atoms with Crippen molar-refractivity contribution in [3.05, 3.63) is 20.8 Å². The molecule has 1 N–H and O–H groups in total. The molecule has 0 bridgehead atoms. The molecule has 1 aliphatic rings. The number of ether oxygens (including phenoxy) is 1. The highest BCUT2D eigenvalue weighted by atomic mass is 79.9. The molecular formula is C13H21BrN2O2S. The van der Waals surface area contributed by atoms with E-state index in [2.05, 4.69) is 44.9 Å². The van der Waals surface area contributed by atoms with Crippen LogP contribution in [0.2, 0.25) is 0 Å². The van der Waals surface area contributed by atoms with Gasteiger partial charge in [0.1, 0.15) is 0 Å². The third kappa shape index (κ3) is 5.49. The zero-order valence-corrected chi connectivity index (χ0v) is 13.6. The molecule has 108 valence electrons. The second kappa shape index (κ2) is 7.71. The Morgan fingerprint density at radius 2 is 2.21 bits per heavy atom. The lowest BCUT2D eigenvalue weighted by atomic mass is 10.2. The van der Waals surface area contributed by atoms with Gasteiger partial charge in [0.2, 0.25) is 0 Å². The van der Waals surface area contributed by atoms with Gasteiger partial charge >= 0.3 is 0 Å². The molecule has 1 saturated heterocycles. The number of aliphatic hydroxyl groups excluding tert-OH is 1. The number of thiophene rings is 1. The van der Waals surface area contributed by atoms with E-state index in [1.807, 2.05) is 0 Å². The van der Waals surface area contributed by atoms with E-state index in [0.717, 1.165) is 43.2 Å². The first-order chi connectivity index (χ1) is 9.13. The van der Waals surface area contributed by atoms with Gasteiger partial charge in [-0.05, 0) is 35.1 Å². The Hall–Kier alpha value is 0.0200. The molecule has 1 aromatic heterocycles. The predicted octanol–water partition coefficient (Wildman–Crippen LogP) is 1.64. The van der Waals surface area contributed by atoms with Crippen LogP contribution in [0, 0.1) is 0 Å². The topological polar surface area (TPSA) is 35.9 Å². The average molecular weight is 349 g/mol. The number of halogens is 1. The van der Waals surface area contributed by atoms with E-state index in [0.29, 0.717) is 6.54 Å². The molecule has 0 spiro atoms. The zero-order chi connectivity index (χ0) is 13.7. The first-order valence-corrected chi connectivity index (χ1v) is 8.15. The van der Waals surface area contributed by atoms with Crippen molar-refractivity contribution in [2.75, 3.05) is 46.4 Å². The summed E-state index contributed by atoms with van der Waals surface area (Å²) < 4.78 is 6.46. The van der Waals surface area contributed by atoms with Gasteiger partial charge in [-0.3, -0.25) is 9.80 Å². The van der Waals surface area contributed by atoms with Gasteiger partial charge in [0.15, 0.2) is 0 Å². The highest BCUT2D eigenvalue weighted by Crippen LogP contribution is 2.22. The minimum absolute atomic E-state index is 0.300. The maximum absolute atomic E-state index is 10.1. The largest absolute Gasteiger partial charge is 0.390 e. The molecule has 1 aliphatic heterocycles. The number of likely N-dealkylation sites (N-methyl/N-ethyl adjacent to an activating group) is 1. The molecule has 19 heavy (non-hydrogen) atoms. The summed E-state index contributed by atoms with van der Waals surface area (Å²) in [6.07, 6.45) is -0.300. The Morgan fingerprint density at radius 1 is 1.47 bits per heavy atom. The molecule has 1 unspecified atom stereocenters. The van der Waals surface area contributed by atoms with E-state index in [-0.39, 0.29) is 6.10 Å². The van der Waals surface area contributed by atoms with Gasteiger partial charge in [-0.2, -0.15) is 0 Å². The summed E-state index contributed by atoms with van der Waals surface area (Å²) in [6.45, 7) is 5.75. The van der Waals surface area contributed by atoms with Crippen molar-refractivity contribution in [3.63, 3.8) is 0 Å². The third-order valence-corrected chi connectivity index (χ3v) is 4.76. The Morgan fingerprint density at radius 3 is 2.84 bits per heavy atom. The second-order valence-corrected chi connectivity index (χ2v) is 7.52. The quantitative estimate of drug-likeness (QED) is 0.847. The lowest BCUT2D eigenvalue weighted by Crippen LogP contribution is -2.43. The Kier molecular flexibility index (Phi) is 6.25. The van der Waals surface area contributed by atoms with Crippen molar-refractivity contribution in [1.82, 2.24) is 9.80 Å². The van der Waals surface area contributed by atoms with Crippen LogP contribution in [0.3, 0.4) is 0 Å². The van der Waals surface area contributed by atoms with Gasteiger partial charge in [-0.1, -0.05) is 0 Å². The van der Waals surface area contributed by atoms with Crippen LogP contribution in [-0.4, -0.2) is 67.5 Å². The Balaban J connectivity index is 1.70. The number of nitrogens with zero attached hydrogens (tertiary/aromatic N) is 2. The van der Waals surface area contributed by atoms with Crippen LogP contribution in [0.4, 0.5) is 0 Å². The number of rotatable bonds is 6. The van der Waals surface area contributed by atoms with Gasteiger partial charge in [-0.15, -0.1) is 11.3 Å². The fourth-order valence-electron chi connectivity index (χ4n) is 2.27. The third-order valence-electron chi connectivity index (χ3n) is 3.15. The van der Waals surface area contributed by atoms with Gasteiger partial charge < -0.3 is 9.84 Å². The summed E-state index contributed by atoms with van der Waals surface area (Å²) >= 11 is 5.22. The molecule has 1 atom stereocenters. The van der Waals surface area contributed by atoms with Crippen LogP contribution in [0.5, 0.6) is 0 Å². The average Bonchev–Trinajstić information content (AvgIpc) is 2.75. The number of hydrogen-bond acceptors (Lipinski definition) is 5. The normalized spacial score (nSPS) is 18.9. The van der Waals surface area contributed by atoms with E-state index in [1.54, 1.807) is 11.3 Å². The fraction of sp³-hybridized carbons (Fsp3) is 0.692. The molecule has 2 heterocycles. The van der Waals surface area contributed by atoms with Gasteiger partial charge in [-0.25, -0.2) is 0 Å². The smallest absolute Gasteiger partial charge is 0.0793 e. The van der Waals surface area contributed by atoms with E-state index < -0.39 is 0 Å². The first kappa shape index (κ1) is 15.4. The highest BCUT2D eigenvalue weighted by Gasteiger charge is 2.16. The van der Waals surface area contributed by atoms with Crippen molar-refractivity contribution in [2.45, 2.75) is 12.6 Å². The monoisotopic (exact) mass is 348 g/mol. The van der Waals surface area contributed by atoms with E-state index >= 15 is 0 Å². The van der Waals surface area contributed by atoms with Gasteiger partial charge in [0, 0.05) is 37.6 Å². The maximum atomic E-state index is 10.1. The predicted molar refractivity (Wildman–Crippen MR) is 81.6 cm³/mol. The van der Waals surface area contributed by atoms with E-state index in [4.69, 9.17) is 4.74 Å². The molecule has 0 saturated carbocycles. The summed E-state index contributed by atoms with van der Waals surface area (Å²) in [6, 6.07) is 4.19. The van der Waals surface area contributed by atoms with Crippen molar-refractivity contribution >= 4 is 27.3 Å². The van der Waals surface area contributed by atoms with Crippen molar-refractivity contribution in [2.24, 2.45) is 0 Å². The number of hydrogen-bond donors (Lipinski definition) is 1. The van der Waals surface area contributed by atoms with Crippen molar-refractivity contribution in [1.29, 1.82) is 0 Å². The number of morpholine rings is 1. The number of β-amino-alcohol motifs (C(OH)–C–C–N with tert-alkyl or cyclic N) is 1. The lowest BCUT2D eigenvalue weighted by Gasteiger charge is -2.30. The molecular weight excluding hydrogens is 328 g/mol. The molecule has 6 heteroatoms. The lowest BCUT2D eigenvalue weighted by molar-refractivity contribution is 0.00830. The Labute approximate surface area is 127 Å². The molecule has 4 nitrogen and oxygen atoms in total. The minimum atomic E-state index is -0.300. The SMILES string of the molecule is CN(Cc1ccc(Br)s1)CC(O)CN1CCOCC1. The highest BCUT2D eigenvalue weighted by molar-refractivity contribution is 9.11. The molecule has 0 amide bonds. The van der Waals surface area contributed by atoms with E-state index in [9.17, 15) is 5.11 Å². The summed E-state index contributed by atoms with van der Waals surface area (Å²) in [5.74, 6) is 0.